The lowest BCUT2D eigenvalue weighted by atomic mass is 10.2. The van der Waals surface area contributed by atoms with E-state index in [1.54, 1.807) is 4.90 Å². The van der Waals surface area contributed by atoms with Crippen LogP contribution in [0.25, 0.3) is 0 Å². The molecule has 1 aromatic rings. The lowest BCUT2D eigenvalue weighted by Crippen LogP contribution is -2.44. The molecule has 1 saturated carbocycles. The molecule has 4 rings (SSSR count). The first kappa shape index (κ1) is 16.1. The van der Waals surface area contributed by atoms with Crippen molar-refractivity contribution >= 4 is 15.7 Å². The van der Waals surface area contributed by atoms with Crippen LogP contribution in [0.2, 0.25) is 0 Å². The second kappa shape index (κ2) is 5.84. The molecule has 0 radical (unpaired) electrons. The van der Waals surface area contributed by atoms with Crippen LogP contribution >= 0.6 is 0 Å². The van der Waals surface area contributed by atoms with Crippen molar-refractivity contribution in [1.29, 1.82) is 0 Å². The lowest BCUT2D eigenvalue weighted by Gasteiger charge is -2.30. The molecule has 0 spiro atoms. The first-order valence-corrected chi connectivity index (χ1v) is 10.5. The summed E-state index contributed by atoms with van der Waals surface area (Å²) in [4.78, 5) is 14.6. The summed E-state index contributed by atoms with van der Waals surface area (Å²) in [7, 11) is -2.98. The second-order valence-electron chi connectivity index (χ2n) is 7.16. The molecule has 1 aliphatic carbocycles. The molecule has 1 aromatic heterocycles. The summed E-state index contributed by atoms with van der Waals surface area (Å²) in [5.41, 5.74) is 1.47. The number of ether oxygens (including phenoxy) is 1. The molecule has 7 nitrogen and oxygen atoms in total. The minimum absolute atomic E-state index is 0.0349. The summed E-state index contributed by atoms with van der Waals surface area (Å²) < 4.78 is 30.9. The molecule has 2 aliphatic heterocycles. The summed E-state index contributed by atoms with van der Waals surface area (Å²) in [6.07, 6.45) is 2.81. The van der Waals surface area contributed by atoms with E-state index in [4.69, 9.17) is 4.74 Å². The van der Waals surface area contributed by atoms with Crippen LogP contribution in [0.5, 0.6) is 0 Å². The average molecular weight is 353 g/mol. The third kappa shape index (κ3) is 3.09. The Labute approximate surface area is 141 Å². The summed E-state index contributed by atoms with van der Waals surface area (Å²) in [5, 5.41) is 4.54. The molecule has 0 N–H and O–H groups in total. The molecule has 24 heavy (non-hydrogen) atoms. The van der Waals surface area contributed by atoms with Gasteiger partial charge in [0.25, 0.3) is 5.91 Å². The smallest absolute Gasteiger partial charge is 0.274 e. The van der Waals surface area contributed by atoms with E-state index in [2.05, 4.69) is 5.10 Å². The number of sulfone groups is 1. The zero-order valence-corrected chi connectivity index (χ0v) is 14.7. The molecule has 132 valence electrons. The van der Waals surface area contributed by atoms with E-state index in [0.29, 0.717) is 37.7 Å². The van der Waals surface area contributed by atoms with E-state index < -0.39 is 9.84 Å². The fourth-order valence-corrected chi connectivity index (χ4v) is 5.31. The number of rotatable bonds is 3. The Morgan fingerprint density at radius 2 is 2.12 bits per heavy atom. The van der Waals surface area contributed by atoms with Gasteiger partial charge in [-0.15, -0.1) is 0 Å². The summed E-state index contributed by atoms with van der Waals surface area (Å²) in [5.74, 6) is 0.695. The Morgan fingerprint density at radius 1 is 1.33 bits per heavy atom. The minimum atomic E-state index is -2.98. The number of amides is 1. The number of hydrogen-bond acceptors (Lipinski definition) is 5. The van der Waals surface area contributed by atoms with Gasteiger partial charge in [0.1, 0.15) is 0 Å². The van der Waals surface area contributed by atoms with Gasteiger partial charge in [-0.05, 0) is 32.3 Å². The van der Waals surface area contributed by atoms with Crippen LogP contribution in [0.4, 0.5) is 0 Å². The maximum absolute atomic E-state index is 12.8. The van der Waals surface area contributed by atoms with E-state index in [1.807, 2.05) is 17.7 Å². The fourth-order valence-electron chi connectivity index (χ4n) is 3.62. The highest BCUT2D eigenvalue weighted by Gasteiger charge is 2.36. The van der Waals surface area contributed by atoms with Crippen molar-refractivity contribution in [3.8, 4) is 0 Å². The highest BCUT2D eigenvalue weighted by Crippen LogP contribution is 2.42. The second-order valence-corrected chi connectivity index (χ2v) is 9.39. The van der Waals surface area contributed by atoms with Gasteiger partial charge in [-0.3, -0.25) is 9.48 Å². The summed E-state index contributed by atoms with van der Waals surface area (Å²) >= 11 is 0. The standard InChI is InChI=1S/C16H23N3O4S/c1-11-9-18(5-6-23-11)16(20)14-8-15(12-2-3-12)19(17-14)13-4-7-24(21,22)10-13/h8,11-13H,2-7,9-10H2,1H3. The van der Waals surface area contributed by atoms with E-state index in [-0.39, 0.29) is 29.6 Å². The van der Waals surface area contributed by atoms with Crippen LogP contribution in [-0.2, 0) is 14.6 Å². The van der Waals surface area contributed by atoms with Gasteiger partial charge in [0, 0.05) is 24.7 Å². The maximum atomic E-state index is 12.8. The number of hydrogen-bond donors (Lipinski definition) is 0. The van der Waals surface area contributed by atoms with Gasteiger partial charge >= 0.3 is 0 Å². The third-order valence-electron chi connectivity index (χ3n) is 5.06. The number of carbonyl (C=O) groups is 1. The van der Waals surface area contributed by atoms with Crippen molar-refractivity contribution in [2.45, 2.75) is 44.2 Å². The Morgan fingerprint density at radius 3 is 2.75 bits per heavy atom. The predicted octanol–water partition coefficient (Wildman–Crippen LogP) is 0.981. The maximum Gasteiger partial charge on any atom is 0.274 e. The first-order chi connectivity index (χ1) is 11.4. The average Bonchev–Trinajstić information content (AvgIpc) is 3.19. The van der Waals surface area contributed by atoms with E-state index in [0.717, 1.165) is 18.5 Å². The molecule has 0 bridgehead atoms. The predicted molar refractivity (Wildman–Crippen MR) is 87.8 cm³/mol. The number of morpholine rings is 1. The van der Waals surface area contributed by atoms with Crippen LogP contribution in [0.1, 0.15) is 54.3 Å². The molecule has 3 fully saturated rings. The molecule has 8 heteroatoms. The Balaban J connectivity index is 1.60. The molecular weight excluding hydrogens is 330 g/mol. The molecule has 2 atom stereocenters. The van der Waals surface area contributed by atoms with Crippen molar-refractivity contribution in [2.24, 2.45) is 0 Å². The van der Waals surface area contributed by atoms with Gasteiger partial charge in [0.05, 0.1) is 30.3 Å². The molecule has 3 aliphatic rings. The largest absolute Gasteiger partial charge is 0.375 e. The Bertz CT molecular complexity index is 753. The van der Waals surface area contributed by atoms with E-state index in [1.165, 1.54) is 0 Å². The van der Waals surface area contributed by atoms with Gasteiger partial charge < -0.3 is 9.64 Å². The molecular formula is C16H23N3O4S. The quantitative estimate of drug-likeness (QED) is 0.809. The number of carbonyl (C=O) groups excluding carboxylic acids is 1. The third-order valence-corrected chi connectivity index (χ3v) is 6.81. The van der Waals surface area contributed by atoms with Crippen LogP contribution in [0.3, 0.4) is 0 Å². The van der Waals surface area contributed by atoms with Gasteiger partial charge in [-0.2, -0.15) is 5.10 Å². The van der Waals surface area contributed by atoms with Crippen LogP contribution in [-0.4, -0.2) is 66.3 Å². The highest BCUT2D eigenvalue weighted by molar-refractivity contribution is 7.91. The van der Waals surface area contributed by atoms with Crippen LogP contribution in [0, 0.1) is 0 Å². The van der Waals surface area contributed by atoms with Crippen molar-refractivity contribution < 1.29 is 17.9 Å². The number of nitrogens with zero attached hydrogens (tertiary/aromatic N) is 3. The summed E-state index contributed by atoms with van der Waals surface area (Å²) in [6.45, 7) is 3.65. The van der Waals surface area contributed by atoms with E-state index in [9.17, 15) is 13.2 Å². The van der Waals surface area contributed by atoms with E-state index >= 15 is 0 Å². The Hall–Kier alpha value is -1.41. The molecule has 1 amide bonds. The SMILES string of the molecule is CC1CN(C(=O)c2cc(C3CC3)n(C3CCS(=O)(=O)C3)n2)CCO1. The highest BCUT2D eigenvalue weighted by atomic mass is 32.2. The van der Waals surface area contributed by atoms with Gasteiger partial charge in [-0.1, -0.05) is 0 Å². The monoisotopic (exact) mass is 353 g/mol. The van der Waals surface area contributed by atoms with Gasteiger partial charge in [0.15, 0.2) is 15.5 Å². The van der Waals surface area contributed by atoms with Crippen LogP contribution in [0.15, 0.2) is 6.07 Å². The lowest BCUT2D eigenvalue weighted by molar-refractivity contribution is -0.0126. The van der Waals surface area contributed by atoms with Crippen molar-refractivity contribution in [3.63, 3.8) is 0 Å². The number of aromatic nitrogens is 2. The molecule has 2 unspecified atom stereocenters. The molecule has 3 heterocycles. The first-order valence-electron chi connectivity index (χ1n) is 8.64. The van der Waals surface area contributed by atoms with Crippen molar-refractivity contribution in [3.05, 3.63) is 17.5 Å². The zero-order valence-electron chi connectivity index (χ0n) is 13.8. The topological polar surface area (TPSA) is 81.5 Å². The molecule has 2 saturated heterocycles. The molecule has 0 aromatic carbocycles. The Kier molecular flexibility index (Phi) is 3.91. The summed E-state index contributed by atoms with van der Waals surface area (Å²) in [6, 6.07) is 1.75. The normalized spacial score (nSPS) is 29.8. The minimum Gasteiger partial charge on any atom is -0.375 e. The zero-order chi connectivity index (χ0) is 16.9. The van der Waals surface area contributed by atoms with Crippen molar-refractivity contribution in [1.82, 2.24) is 14.7 Å². The van der Waals surface area contributed by atoms with Crippen molar-refractivity contribution in [2.75, 3.05) is 31.2 Å². The fraction of sp³-hybridized carbons (Fsp3) is 0.750. The van der Waals surface area contributed by atoms with Crippen LogP contribution < -0.4 is 0 Å². The van der Waals surface area contributed by atoms with Gasteiger partial charge in [0.2, 0.25) is 0 Å². The van der Waals surface area contributed by atoms with Gasteiger partial charge in [-0.25, -0.2) is 8.42 Å².